The largest absolute Gasteiger partial charge is 0.494 e. The molecule has 0 spiro atoms. The Balaban J connectivity index is 1.80. The molecular formula is C19H25N3O2S. The Labute approximate surface area is 152 Å². The van der Waals surface area contributed by atoms with Crippen molar-refractivity contribution in [3.63, 3.8) is 0 Å². The van der Waals surface area contributed by atoms with E-state index in [1.807, 2.05) is 31.2 Å². The van der Waals surface area contributed by atoms with Crippen LogP contribution in [0.15, 0.2) is 24.3 Å². The summed E-state index contributed by atoms with van der Waals surface area (Å²) in [7, 11) is 0. The Kier molecular flexibility index (Phi) is 6.04. The molecule has 134 valence electrons. The van der Waals surface area contributed by atoms with Crippen LogP contribution in [0, 0.1) is 0 Å². The van der Waals surface area contributed by atoms with Crippen LogP contribution in [0.1, 0.15) is 35.9 Å². The molecule has 1 heterocycles. The average Bonchev–Trinajstić information content (AvgIpc) is 3.05. The maximum atomic E-state index is 13.0. The monoisotopic (exact) mass is 359 g/mol. The van der Waals surface area contributed by atoms with Gasteiger partial charge in [0.05, 0.1) is 18.7 Å². The quantitative estimate of drug-likeness (QED) is 0.825. The van der Waals surface area contributed by atoms with E-state index in [4.69, 9.17) is 15.5 Å². The van der Waals surface area contributed by atoms with Crippen molar-refractivity contribution in [2.24, 2.45) is 5.73 Å². The highest BCUT2D eigenvalue weighted by molar-refractivity contribution is 7.16. The number of nitrogens with zero attached hydrogens (tertiary/aromatic N) is 2. The third kappa shape index (κ3) is 4.19. The SMILES string of the molecule is CCOc1ccccc1CC(=O)N(CCN)c1nc2c(s1)CCCC2. The highest BCUT2D eigenvalue weighted by atomic mass is 32.1. The van der Waals surface area contributed by atoms with E-state index in [0.717, 1.165) is 35.0 Å². The number of hydrogen-bond donors (Lipinski definition) is 1. The molecule has 0 bridgehead atoms. The van der Waals surface area contributed by atoms with Crippen molar-refractivity contribution < 1.29 is 9.53 Å². The van der Waals surface area contributed by atoms with Gasteiger partial charge < -0.3 is 10.5 Å². The maximum absolute atomic E-state index is 13.0. The van der Waals surface area contributed by atoms with Crippen LogP contribution in [-0.4, -0.2) is 30.6 Å². The van der Waals surface area contributed by atoms with Gasteiger partial charge in [-0.3, -0.25) is 9.69 Å². The van der Waals surface area contributed by atoms with E-state index in [0.29, 0.717) is 26.1 Å². The molecule has 25 heavy (non-hydrogen) atoms. The molecular weight excluding hydrogens is 334 g/mol. The summed E-state index contributed by atoms with van der Waals surface area (Å²) in [5.74, 6) is 0.785. The number of anilines is 1. The summed E-state index contributed by atoms with van der Waals surface area (Å²) in [6.07, 6.45) is 4.78. The number of ether oxygens (including phenoxy) is 1. The minimum Gasteiger partial charge on any atom is -0.494 e. The molecule has 0 saturated heterocycles. The van der Waals surface area contributed by atoms with E-state index in [1.165, 1.54) is 17.7 Å². The van der Waals surface area contributed by atoms with Gasteiger partial charge in [0.2, 0.25) is 5.91 Å². The van der Waals surface area contributed by atoms with Crippen LogP contribution in [-0.2, 0) is 24.1 Å². The van der Waals surface area contributed by atoms with Gasteiger partial charge in [0.25, 0.3) is 0 Å². The second-order valence-corrected chi connectivity index (χ2v) is 7.19. The number of fused-ring (bicyclic) bond motifs is 1. The summed E-state index contributed by atoms with van der Waals surface area (Å²) in [6, 6.07) is 7.70. The Morgan fingerprint density at radius 3 is 2.88 bits per heavy atom. The van der Waals surface area contributed by atoms with Crippen LogP contribution in [0.25, 0.3) is 0 Å². The number of rotatable bonds is 7. The Bertz CT molecular complexity index is 706. The van der Waals surface area contributed by atoms with Crippen LogP contribution in [0.5, 0.6) is 5.75 Å². The number of para-hydroxylation sites is 1. The molecule has 0 radical (unpaired) electrons. The fourth-order valence-corrected chi connectivity index (χ4v) is 4.31. The predicted molar refractivity (Wildman–Crippen MR) is 101 cm³/mol. The van der Waals surface area contributed by atoms with E-state index in [-0.39, 0.29) is 5.91 Å². The zero-order valence-electron chi connectivity index (χ0n) is 14.7. The number of aryl methyl sites for hydroxylation is 2. The smallest absolute Gasteiger partial charge is 0.233 e. The van der Waals surface area contributed by atoms with Gasteiger partial charge in [0.15, 0.2) is 5.13 Å². The summed E-state index contributed by atoms with van der Waals surface area (Å²) in [6.45, 7) is 3.43. The fourth-order valence-electron chi connectivity index (χ4n) is 3.11. The number of nitrogens with two attached hydrogens (primary N) is 1. The van der Waals surface area contributed by atoms with Crippen molar-refractivity contribution in [3.8, 4) is 5.75 Å². The number of hydrogen-bond acceptors (Lipinski definition) is 5. The predicted octanol–water partition coefficient (Wildman–Crippen LogP) is 2.96. The first-order valence-corrected chi connectivity index (χ1v) is 9.74. The van der Waals surface area contributed by atoms with Crippen molar-refractivity contribution in [1.82, 2.24) is 4.98 Å². The number of carbonyl (C=O) groups is 1. The number of benzene rings is 1. The van der Waals surface area contributed by atoms with Crippen molar-refractivity contribution in [1.29, 1.82) is 0 Å². The van der Waals surface area contributed by atoms with Gasteiger partial charge in [0.1, 0.15) is 5.75 Å². The molecule has 0 fully saturated rings. The Morgan fingerprint density at radius 2 is 2.12 bits per heavy atom. The summed E-state index contributed by atoms with van der Waals surface area (Å²) in [5, 5.41) is 0.788. The van der Waals surface area contributed by atoms with E-state index in [2.05, 4.69) is 0 Å². The number of thiazole rings is 1. The van der Waals surface area contributed by atoms with Crippen LogP contribution in [0.4, 0.5) is 5.13 Å². The Morgan fingerprint density at radius 1 is 1.32 bits per heavy atom. The van der Waals surface area contributed by atoms with Gasteiger partial charge in [-0.15, -0.1) is 11.3 Å². The summed E-state index contributed by atoms with van der Waals surface area (Å²) in [5.41, 5.74) is 7.82. The van der Waals surface area contributed by atoms with Gasteiger partial charge >= 0.3 is 0 Å². The Hall–Kier alpha value is -1.92. The van der Waals surface area contributed by atoms with Gasteiger partial charge in [-0.05, 0) is 38.7 Å². The molecule has 0 saturated carbocycles. The summed E-state index contributed by atoms with van der Waals surface area (Å²) in [4.78, 5) is 20.7. The second-order valence-electron chi connectivity index (χ2n) is 6.12. The molecule has 5 nitrogen and oxygen atoms in total. The third-order valence-corrected chi connectivity index (χ3v) is 5.51. The van der Waals surface area contributed by atoms with E-state index >= 15 is 0 Å². The van der Waals surface area contributed by atoms with E-state index in [9.17, 15) is 4.79 Å². The molecule has 1 aromatic carbocycles. The van der Waals surface area contributed by atoms with Crippen molar-refractivity contribution >= 4 is 22.4 Å². The topological polar surface area (TPSA) is 68.5 Å². The van der Waals surface area contributed by atoms with Crippen molar-refractivity contribution in [2.75, 3.05) is 24.6 Å². The molecule has 1 aliphatic carbocycles. The average molecular weight is 359 g/mol. The molecule has 1 aliphatic rings. The lowest BCUT2D eigenvalue weighted by Gasteiger charge is -2.20. The van der Waals surface area contributed by atoms with Crippen LogP contribution < -0.4 is 15.4 Å². The molecule has 0 unspecified atom stereocenters. The normalized spacial score (nSPS) is 13.4. The number of aromatic nitrogens is 1. The molecule has 0 atom stereocenters. The molecule has 2 aromatic rings. The molecule has 1 amide bonds. The molecule has 2 N–H and O–H groups in total. The second kappa shape index (κ2) is 8.45. The first-order chi connectivity index (χ1) is 12.2. The maximum Gasteiger partial charge on any atom is 0.233 e. The number of amides is 1. The lowest BCUT2D eigenvalue weighted by molar-refractivity contribution is -0.118. The highest BCUT2D eigenvalue weighted by Gasteiger charge is 2.23. The molecule has 3 rings (SSSR count). The number of carbonyl (C=O) groups excluding carboxylic acids is 1. The van der Waals surface area contributed by atoms with Crippen LogP contribution >= 0.6 is 11.3 Å². The zero-order chi connectivity index (χ0) is 17.6. The van der Waals surface area contributed by atoms with Crippen LogP contribution in [0.3, 0.4) is 0 Å². The first kappa shape index (κ1) is 17.9. The van der Waals surface area contributed by atoms with Crippen molar-refractivity contribution in [2.45, 2.75) is 39.0 Å². The van der Waals surface area contributed by atoms with Crippen LogP contribution in [0.2, 0.25) is 0 Å². The fraction of sp³-hybridized carbons (Fsp3) is 0.474. The third-order valence-electron chi connectivity index (χ3n) is 4.33. The minimum absolute atomic E-state index is 0.0173. The molecule has 0 aliphatic heterocycles. The van der Waals surface area contributed by atoms with E-state index in [1.54, 1.807) is 16.2 Å². The highest BCUT2D eigenvalue weighted by Crippen LogP contribution is 2.32. The van der Waals surface area contributed by atoms with Gasteiger partial charge in [0, 0.05) is 23.5 Å². The summed E-state index contributed by atoms with van der Waals surface area (Å²) >= 11 is 1.64. The summed E-state index contributed by atoms with van der Waals surface area (Å²) < 4.78 is 5.64. The lowest BCUT2D eigenvalue weighted by Crippen LogP contribution is -2.36. The minimum atomic E-state index is 0.0173. The van der Waals surface area contributed by atoms with Gasteiger partial charge in [-0.2, -0.15) is 0 Å². The molecule has 1 aromatic heterocycles. The molecule has 6 heteroatoms. The van der Waals surface area contributed by atoms with Crippen molar-refractivity contribution in [3.05, 3.63) is 40.4 Å². The standard InChI is InChI=1S/C19H25N3O2S/c1-2-24-16-9-5-3-7-14(16)13-18(23)22(12-11-20)19-21-15-8-4-6-10-17(15)25-19/h3,5,7,9H,2,4,6,8,10-13,20H2,1H3. The van der Waals surface area contributed by atoms with E-state index < -0.39 is 0 Å². The van der Waals surface area contributed by atoms with Gasteiger partial charge in [-0.1, -0.05) is 18.2 Å². The van der Waals surface area contributed by atoms with Gasteiger partial charge in [-0.25, -0.2) is 4.98 Å². The first-order valence-electron chi connectivity index (χ1n) is 8.92. The zero-order valence-corrected chi connectivity index (χ0v) is 15.5. The lowest BCUT2D eigenvalue weighted by atomic mass is 10.0.